The summed E-state index contributed by atoms with van der Waals surface area (Å²) in [6.45, 7) is 9.96. The average molecular weight is 541 g/mol. The molecule has 1 aromatic rings. The minimum atomic E-state index is -3.01. The molecule has 10 heteroatoms. The zero-order valence-corrected chi connectivity index (χ0v) is 22.8. The SMILES string of the molecule is C=C(Cc1ccc(O)c2c1[C@H](C)[C@@H]1C(C2=O)C(=O)[C@]2(O)C(=O)C(C(N)=O)C(=O)C(N(C)C)[C@@H]2[C@H]1O)CC(C)C. The summed E-state index contributed by atoms with van der Waals surface area (Å²) in [4.78, 5) is 68.0. The number of aromatic hydroxyl groups is 1. The van der Waals surface area contributed by atoms with E-state index in [1.54, 1.807) is 13.0 Å². The van der Waals surface area contributed by atoms with Gasteiger partial charge >= 0.3 is 0 Å². The normalized spacial score (nSPS) is 34.1. The quantitative estimate of drug-likeness (QED) is 0.296. The molecule has 10 nitrogen and oxygen atoms in total. The monoisotopic (exact) mass is 540 g/mol. The number of primary amides is 1. The van der Waals surface area contributed by atoms with Gasteiger partial charge in [-0.25, -0.2) is 0 Å². The average Bonchev–Trinajstić information content (AvgIpc) is 2.81. The number of hydrogen-bond donors (Lipinski definition) is 4. The van der Waals surface area contributed by atoms with Gasteiger partial charge in [0, 0.05) is 5.92 Å². The minimum absolute atomic E-state index is 0.101. The molecule has 4 rings (SSSR count). The lowest BCUT2D eigenvalue weighted by molar-refractivity contribution is -0.196. The van der Waals surface area contributed by atoms with Crippen LogP contribution in [0.2, 0.25) is 0 Å². The Labute approximate surface area is 226 Å². The van der Waals surface area contributed by atoms with Gasteiger partial charge in [-0.15, -0.1) is 0 Å². The number of nitrogens with zero attached hydrogens (tertiary/aromatic N) is 1. The number of Topliss-reactive ketones (excluding diaryl/α,β-unsaturated/α-hetero) is 4. The van der Waals surface area contributed by atoms with E-state index < -0.39 is 76.4 Å². The highest BCUT2D eigenvalue weighted by Gasteiger charge is 2.73. The molecule has 3 aliphatic carbocycles. The molecule has 210 valence electrons. The number of benzene rings is 1. The van der Waals surface area contributed by atoms with Gasteiger partial charge in [0.15, 0.2) is 34.7 Å². The third kappa shape index (κ3) is 4.08. The molecule has 0 bridgehead atoms. The summed E-state index contributed by atoms with van der Waals surface area (Å²) < 4.78 is 0. The Morgan fingerprint density at radius 3 is 2.31 bits per heavy atom. The van der Waals surface area contributed by atoms with Crippen LogP contribution in [0.1, 0.15) is 54.6 Å². The van der Waals surface area contributed by atoms with Gasteiger partial charge in [-0.05, 0) is 56.0 Å². The Morgan fingerprint density at radius 1 is 1.15 bits per heavy atom. The molecular weight excluding hydrogens is 504 g/mol. The van der Waals surface area contributed by atoms with Gasteiger partial charge in [0.25, 0.3) is 0 Å². The molecule has 0 radical (unpaired) electrons. The molecule has 1 aromatic carbocycles. The van der Waals surface area contributed by atoms with Crippen LogP contribution in [0.3, 0.4) is 0 Å². The Bertz CT molecular complexity index is 1300. The molecule has 0 saturated heterocycles. The molecule has 3 unspecified atom stereocenters. The number of phenols is 1. The number of carbonyl (C=O) groups is 5. The fourth-order valence-corrected chi connectivity index (χ4v) is 7.23. The fourth-order valence-electron chi connectivity index (χ4n) is 7.23. The molecule has 0 spiro atoms. The van der Waals surface area contributed by atoms with Crippen LogP contribution in [0.25, 0.3) is 0 Å². The number of aliphatic hydroxyl groups is 2. The van der Waals surface area contributed by atoms with E-state index in [-0.39, 0.29) is 11.3 Å². The van der Waals surface area contributed by atoms with E-state index >= 15 is 0 Å². The third-order valence-electron chi connectivity index (χ3n) is 8.70. The lowest BCUT2D eigenvalue weighted by Crippen LogP contribution is -2.77. The van der Waals surface area contributed by atoms with Crippen molar-refractivity contribution in [2.24, 2.45) is 35.3 Å². The largest absolute Gasteiger partial charge is 0.507 e. The van der Waals surface area contributed by atoms with Crippen molar-refractivity contribution in [1.82, 2.24) is 4.90 Å². The van der Waals surface area contributed by atoms with Crippen molar-refractivity contribution >= 4 is 29.0 Å². The first-order valence-electron chi connectivity index (χ1n) is 13.1. The minimum Gasteiger partial charge on any atom is -0.507 e. The van der Waals surface area contributed by atoms with E-state index in [0.29, 0.717) is 23.5 Å². The Hall–Kier alpha value is -3.21. The standard InChI is InChI=1S/C29H36N2O8/c1-11(2)9-12(3)10-14-7-8-15(32)18-16(14)13(4)17-19(23(18)33)26(36)29(39)21(24(17)34)22(31(5)6)25(35)20(27(29)37)28(30)38/h7-8,11,13,17,19-22,24,32,34,39H,3,9-10H2,1-2,4-6H3,(H2,30,38)/t13-,17+,19?,20?,21+,22?,24-,29-/m0/s1. The topological polar surface area (TPSA) is 175 Å². The first-order valence-corrected chi connectivity index (χ1v) is 13.1. The number of phenolic OH excluding ortho intramolecular Hbond substituents is 1. The number of likely N-dealkylation sites (N-methyl/N-ethyl adjacent to an activating group) is 1. The van der Waals surface area contributed by atoms with Crippen molar-refractivity contribution in [3.63, 3.8) is 0 Å². The van der Waals surface area contributed by atoms with Crippen LogP contribution in [0.5, 0.6) is 5.75 Å². The third-order valence-corrected chi connectivity index (χ3v) is 8.70. The summed E-state index contributed by atoms with van der Waals surface area (Å²) in [5.74, 6) is -12.9. The van der Waals surface area contributed by atoms with Crippen molar-refractivity contribution in [1.29, 1.82) is 0 Å². The van der Waals surface area contributed by atoms with E-state index in [9.17, 15) is 39.3 Å². The molecule has 2 fully saturated rings. The van der Waals surface area contributed by atoms with E-state index in [1.165, 1.54) is 25.1 Å². The summed E-state index contributed by atoms with van der Waals surface area (Å²) in [5, 5.41) is 34.2. The predicted octanol–water partition coefficient (Wildman–Crippen LogP) is 0.544. The molecule has 3 aliphatic rings. The second-order valence-corrected chi connectivity index (χ2v) is 11.9. The van der Waals surface area contributed by atoms with Crippen LogP contribution in [-0.2, 0) is 25.6 Å². The van der Waals surface area contributed by atoms with Crippen molar-refractivity contribution in [3.05, 3.63) is 41.0 Å². The van der Waals surface area contributed by atoms with Crippen LogP contribution in [-0.4, -0.2) is 81.1 Å². The number of allylic oxidation sites excluding steroid dienone is 1. The molecule has 8 atom stereocenters. The van der Waals surface area contributed by atoms with Gasteiger partial charge in [0.2, 0.25) is 5.91 Å². The van der Waals surface area contributed by atoms with Gasteiger partial charge in [-0.3, -0.25) is 28.9 Å². The summed E-state index contributed by atoms with van der Waals surface area (Å²) >= 11 is 0. The molecular formula is C29H36N2O8. The first-order chi connectivity index (χ1) is 18.1. The van der Waals surface area contributed by atoms with Gasteiger partial charge in [-0.1, -0.05) is 39.0 Å². The fraction of sp³-hybridized carbons (Fsp3) is 0.552. The molecule has 1 amide bonds. The molecule has 5 N–H and O–H groups in total. The smallest absolute Gasteiger partial charge is 0.235 e. The lowest BCUT2D eigenvalue weighted by Gasteiger charge is -2.56. The number of nitrogens with two attached hydrogens (primary N) is 1. The van der Waals surface area contributed by atoms with Gasteiger partial charge in [0.1, 0.15) is 5.75 Å². The van der Waals surface area contributed by atoms with Gasteiger partial charge in [-0.2, -0.15) is 0 Å². The maximum Gasteiger partial charge on any atom is 0.235 e. The molecule has 0 heterocycles. The highest BCUT2D eigenvalue weighted by molar-refractivity contribution is 6.32. The first kappa shape index (κ1) is 28.8. The van der Waals surface area contributed by atoms with Crippen molar-refractivity contribution in [2.75, 3.05) is 14.1 Å². The van der Waals surface area contributed by atoms with Crippen molar-refractivity contribution < 1.29 is 39.3 Å². The second kappa shape index (κ2) is 9.76. The van der Waals surface area contributed by atoms with E-state index in [0.717, 1.165) is 12.0 Å². The van der Waals surface area contributed by atoms with Crippen LogP contribution < -0.4 is 5.73 Å². The maximum atomic E-state index is 14.0. The molecule has 0 aliphatic heterocycles. The number of hydrogen-bond acceptors (Lipinski definition) is 9. The Kier molecular flexibility index (Phi) is 7.21. The van der Waals surface area contributed by atoms with Crippen LogP contribution in [0.15, 0.2) is 24.3 Å². The van der Waals surface area contributed by atoms with Crippen LogP contribution in [0.4, 0.5) is 0 Å². The zero-order valence-electron chi connectivity index (χ0n) is 22.8. The number of rotatable bonds is 6. The van der Waals surface area contributed by atoms with Crippen LogP contribution in [0, 0.1) is 29.6 Å². The second-order valence-electron chi connectivity index (χ2n) is 11.9. The number of amides is 1. The van der Waals surface area contributed by atoms with Gasteiger partial charge in [0.05, 0.1) is 29.5 Å². The highest BCUT2D eigenvalue weighted by atomic mass is 16.3. The Morgan fingerprint density at radius 2 is 1.77 bits per heavy atom. The molecule has 39 heavy (non-hydrogen) atoms. The summed E-state index contributed by atoms with van der Waals surface area (Å²) in [7, 11) is 2.92. The highest BCUT2D eigenvalue weighted by Crippen LogP contribution is 2.55. The number of aliphatic hydroxyl groups excluding tert-OH is 1. The number of fused-ring (bicyclic) bond motifs is 3. The number of carbonyl (C=O) groups excluding carboxylic acids is 5. The number of ketones is 4. The predicted molar refractivity (Wildman–Crippen MR) is 140 cm³/mol. The van der Waals surface area contributed by atoms with Crippen LogP contribution >= 0.6 is 0 Å². The van der Waals surface area contributed by atoms with E-state index in [2.05, 4.69) is 20.4 Å². The molecule has 0 aromatic heterocycles. The van der Waals surface area contributed by atoms with E-state index in [1.807, 2.05) is 0 Å². The van der Waals surface area contributed by atoms with Crippen molar-refractivity contribution in [3.8, 4) is 5.75 Å². The maximum absolute atomic E-state index is 14.0. The summed E-state index contributed by atoms with van der Waals surface area (Å²) in [6, 6.07) is 1.65. The van der Waals surface area contributed by atoms with Crippen molar-refractivity contribution in [2.45, 2.75) is 57.3 Å². The summed E-state index contributed by atoms with van der Waals surface area (Å²) in [6.07, 6.45) is -0.520. The zero-order chi connectivity index (χ0) is 29.3. The summed E-state index contributed by atoms with van der Waals surface area (Å²) in [5.41, 5.74) is 4.31. The van der Waals surface area contributed by atoms with Gasteiger partial charge < -0.3 is 21.1 Å². The van der Waals surface area contributed by atoms with E-state index in [4.69, 9.17) is 5.73 Å². The molecule has 2 saturated carbocycles. The lowest BCUT2D eigenvalue weighted by atomic mass is 9.49. The Balaban J connectivity index is 1.91.